The number of carbonyl (C=O) groups is 1. The van der Waals surface area contributed by atoms with Crippen LogP contribution in [0, 0.1) is 0 Å². The Hall–Kier alpha value is -2.09. The van der Waals surface area contributed by atoms with Crippen molar-refractivity contribution in [3.8, 4) is 5.75 Å². The fourth-order valence-electron chi connectivity index (χ4n) is 1.56. The summed E-state index contributed by atoms with van der Waals surface area (Å²) in [6, 6.07) is 13.8. The number of ether oxygens (including phenoxy) is 1. The van der Waals surface area contributed by atoms with E-state index in [2.05, 4.69) is 0 Å². The topological polar surface area (TPSA) is 101 Å². The Morgan fingerprint density at radius 3 is 2.35 bits per heavy atom. The van der Waals surface area contributed by atoms with E-state index in [1.807, 2.05) is 12.1 Å². The molecule has 6 nitrogen and oxygen atoms in total. The summed E-state index contributed by atoms with van der Waals surface area (Å²) < 4.78 is 31.4. The molecular weight excluding hydrogens is 344 g/mol. The normalized spacial score (nSPS) is 10.4. The van der Waals surface area contributed by atoms with Crippen LogP contribution in [0.25, 0.3) is 0 Å². The molecule has 0 saturated heterocycles. The van der Waals surface area contributed by atoms with E-state index in [1.165, 1.54) is 6.07 Å². The predicted molar refractivity (Wildman–Crippen MR) is 86.7 cm³/mol. The monoisotopic (exact) mass is 358 g/mol. The summed E-state index contributed by atoms with van der Waals surface area (Å²) in [5.74, 6) is -0.651. The molecular formula is C15H15ClO6S. The molecule has 2 rings (SSSR count). The molecule has 124 valence electrons. The van der Waals surface area contributed by atoms with Crippen molar-refractivity contribution in [2.24, 2.45) is 0 Å². The van der Waals surface area contributed by atoms with Gasteiger partial charge in [-0.1, -0.05) is 35.9 Å². The lowest BCUT2D eigenvalue weighted by atomic mass is 10.2. The molecule has 0 heterocycles. The lowest BCUT2D eigenvalue weighted by molar-refractivity contribution is 0.0691. The van der Waals surface area contributed by atoms with Crippen molar-refractivity contribution >= 4 is 27.7 Å². The van der Waals surface area contributed by atoms with Crippen LogP contribution >= 0.6 is 11.6 Å². The summed E-state index contributed by atoms with van der Waals surface area (Å²) in [5, 5.41) is 9.63. The highest BCUT2D eigenvalue weighted by Crippen LogP contribution is 2.20. The van der Waals surface area contributed by atoms with Gasteiger partial charge in [-0.15, -0.1) is 0 Å². The molecule has 0 amide bonds. The van der Waals surface area contributed by atoms with E-state index in [4.69, 9.17) is 26.0 Å². The van der Waals surface area contributed by atoms with E-state index in [0.29, 0.717) is 17.0 Å². The van der Waals surface area contributed by atoms with E-state index in [9.17, 15) is 13.2 Å². The summed E-state index contributed by atoms with van der Waals surface area (Å²) in [5.41, 5.74) is 1.04. The van der Waals surface area contributed by atoms with Crippen molar-refractivity contribution in [2.75, 3.05) is 6.26 Å². The van der Waals surface area contributed by atoms with Crippen molar-refractivity contribution in [3.63, 3.8) is 0 Å². The van der Waals surface area contributed by atoms with E-state index in [1.54, 1.807) is 30.3 Å². The first kappa shape index (κ1) is 19.0. The highest BCUT2D eigenvalue weighted by atomic mass is 35.5. The summed E-state index contributed by atoms with van der Waals surface area (Å²) in [4.78, 5) is 11.0. The molecule has 0 spiro atoms. The molecule has 23 heavy (non-hydrogen) atoms. The van der Waals surface area contributed by atoms with Gasteiger partial charge in [0.2, 0.25) is 0 Å². The predicted octanol–water partition coefficient (Wildman–Crippen LogP) is 3.12. The van der Waals surface area contributed by atoms with Gasteiger partial charge in [-0.05, 0) is 29.8 Å². The van der Waals surface area contributed by atoms with E-state index in [0.717, 1.165) is 5.56 Å². The Balaban J connectivity index is 0.000000463. The maximum Gasteiger partial charge on any atom is 0.339 e. The van der Waals surface area contributed by atoms with Crippen LogP contribution in [0.4, 0.5) is 0 Å². The lowest BCUT2D eigenvalue weighted by Gasteiger charge is -2.09. The second kappa shape index (κ2) is 8.52. The van der Waals surface area contributed by atoms with Gasteiger partial charge in [-0.25, -0.2) is 4.79 Å². The number of carboxylic acid groups (broad SMARTS) is 1. The molecule has 0 fully saturated rings. The van der Waals surface area contributed by atoms with Gasteiger partial charge in [-0.2, -0.15) is 8.42 Å². The van der Waals surface area contributed by atoms with Crippen LogP contribution < -0.4 is 4.74 Å². The molecule has 0 aliphatic rings. The van der Waals surface area contributed by atoms with Gasteiger partial charge < -0.3 is 9.84 Å². The Bertz CT molecular complexity index is 765. The third kappa shape index (κ3) is 8.20. The van der Waals surface area contributed by atoms with Crippen LogP contribution in [0.2, 0.25) is 5.02 Å². The molecule has 0 aliphatic carbocycles. The van der Waals surface area contributed by atoms with Gasteiger partial charge in [0.25, 0.3) is 10.1 Å². The van der Waals surface area contributed by atoms with Gasteiger partial charge in [0, 0.05) is 5.02 Å². The highest BCUT2D eigenvalue weighted by Gasteiger charge is 2.09. The number of rotatable bonds is 4. The standard InChI is InChI=1S/C14H11ClO3.CH4O3S/c15-11-5-3-4-10(8-11)9-18-13-7-2-1-6-12(13)14(16)17;1-5(2,3)4/h1-8H,9H2,(H,16,17);1H3,(H,2,3,4). The van der Waals surface area contributed by atoms with Crippen LogP contribution in [0.5, 0.6) is 5.75 Å². The zero-order valence-electron chi connectivity index (χ0n) is 12.1. The quantitative estimate of drug-likeness (QED) is 0.814. The average molecular weight is 359 g/mol. The van der Waals surface area contributed by atoms with Gasteiger partial charge in [-0.3, -0.25) is 4.55 Å². The highest BCUT2D eigenvalue weighted by molar-refractivity contribution is 7.85. The molecule has 0 atom stereocenters. The number of halogens is 1. The summed E-state index contributed by atoms with van der Waals surface area (Å²) in [7, 11) is -3.67. The second-order valence-corrected chi connectivity index (χ2v) is 6.36. The van der Waals surface area contributed by atoms with Gasteiger partial charge in [0.05, 0.1) is 6.26 Å². The third-order valence-electron chi connectivity index (χ3n) is 2.40. The number of para-hydroxylation sites is 1. The molecule has 0 unspecified atom stereocenters. The number of aromatic carboxylic acids is 1. The van der Waals surface area contributed by atoms with Gasteiger partial charge in [0.15, 0.2) is 0 Å². The molecule has 2 aromatic rings. The van der Waals surface area contributed by atoms with Crippen molar-refractivity contribution in [1.29, 1.82) is 0 Å². The zero-order chi connectivity index (χ0) is 17.5. The molecule has 0 radical (unpaired) electrons. The molecule has 2 N–H and O–H groups in total. The van der Waals surface area contributed by atoms with Crippen LogP contribution in [-0.2, 0) is 16.7 Å². The minimum absolute atomic E-state index is 0.152. The molecule has 8 heteroatoms. The fraction of sp³-hybridized carbons (Fsp3) is 0.133. The first-order valence-electron chi connectivity index (χ1n) is 6.29. The van der Waals surface area contributed by atoms with Gasteiger partial charge >= 0.3 is 5.97 Å². The SMILES string of the molecule is CS(=O)(=O)O.O=C(O)c1ccccc1OCc1cccc(Cl)c1. The minimum atomic E-state index is -3.67. The number of hydrogen-bond acceptors (Lipinski definition) is 4. The van der Waals surface area contributed by atoms with Crippen LogP contribution in [0.15, 0.2) is 48.5 Å². The zero-order valence-corrected chi connectivity index (χ0v) is 13.7. The van der Waals surface area contributed by atoms with Crippen molar-refractivity contribution in [3.05, 3.63) is 64.7 Å². The molecule has 0 aromatic heterocycles. The van der Waals surface area contributed by atoms with E-state index < -0.39 is 16.1 Å². The van der Waals surface area contributed by atoms with Crippen LogP contribution in [0.3, 0.4) is 0 Å². The van der Waals surface area contributed by atoms with E-state index in [-0.39, 0.29) is 12.2 Å². The van der Waals surface area contributed by atoms with Crippen molar-refractivity contribution in [2.45, 2.75) is 6.61 Å². The number of benzene rings is 2. The first-order valence-corrected chi connectivity index (χ1v) is 8.51. The maximum atomic E-state index is 11.0. The lowest BCUT2D eigenvalue weighted by Crippen LogP contribution is -2.03. The Morgan fingerprint density at radius 1 is 1.17 bits per heavy atom. The third-order valence-corrected chi connectivity index (χ3v) is 2.64. The summed E-state index contributed by atoms with van der Waals surface area (Å²) in [6.45, 7) is 0.283. The summed E-state index contributed by atoms with van der Waals surface area (Å²) in [6.07, 6.45) is 0.715. The number of hydrogen-bond donors (Lipinski definition) is 2. The molecule has 0 bridgehead atoms. The van der Waals surface area contributed by atoms with Gasteiger partial charge in [0.1, 0.15) is 17.9 Å². The van der Waals surface area contributed by atoms with Crippen molar-refractivity contribution < 1.29 is 27.6 Å². The molecule has 0 aliphatic heterocycles. The Labute approximate surface area is 139 Å². The fourth-order valence-corrected chi connectivity index (χ4v) is 1.77. The second-order valence-electron chi connectivity index (χ2n) is 4.45. The Kier molecular flexibility index (Phi) is 7.02. The minimum Gasteiger partial charge on any atom is -0.488 e. The van der Waals surface area contributed by atoms with E-state index >= 15 is 0 Å². The average Bonchev–Trinajstić information content (AvgIpc) is 2.43. The Morgan fingerprint density at radius 2 is 1.78 bits per heavy atom. The van der Waals surface area contributed by atoms with Crippen LogP contribution in [-0.4, -0.2) is 30.3 Å². The first-order chi connectivity index (χ1) is 10.7. The smallest absolute Gasteiger partial charge is 0.339 e. The summed E-state index contributed by atoms with van der Waals surface area (Å²) >= 11 is 5.86. The molecule has 0 saturated carbocycles. The molecule has 2 aromatic carbocycles. The maximum absolute atomic E-state index is 11.0. The largest absolute Gasteiger partial charge is 0.488 e. The van der Waals surface area contributed by atoms with Crippen LogP contribution in [0.1, 0.15) is 15.9 Å². The number of carboxylic acids is 1. The van der Waals surface area contributed by atoms with Crippen molar-refractivity contribution in [1.82, 2.24) is 0 Å².